The molecular weight excluding hydrogens is 221 g/mol. The lowest BCUT2D eigenvalue weighted by molar-refractivity contribution is -0.138. The highest BCUT2D eigenvalue weighted by Gasteiger charge is 2.37. The minimum atomic E-state index is -4.57. The Hall–Kier alpha value is -1.08. The molecule has 0 aromatic carbocycles. The molecule has 1 rings (SSSR count). The summed E-state index contributed by atoms with van der Waals surface area (Å²) in [5, 5.41) is 5.80. The standard InChI is InChI=1S/C6H6ClF3N4/c1-2-3(6(8,9)10)4(7)13-14-5(2)12-11/h11H2,1H3,(H,12,14). The molecule has 1 aromatic heterocycles. The largest absolute Gasteiger partial charge is 0.419 e. The SMILES string of the molecule is Cc1c(NN)nnc(Cl)c1C(F)(F)F. The van der Waals surface area contributed by atoms with Gasteiger partial charge >= 0.3 is 6.18 Å². The fourth-order valence-electron chi connectivity index (χ4n) is 0.959. The van der Waals surface area contributed by atoms with Crippen LogP contribution in [0.4, 0.5) is 19.0 Å². The van der Waals surface area contributed by atoms with E-state index in [1.54, 1.807) is 0 Å². The van der Waals surface area contributed by atoms with Crippen molar-refractivity contribution in [1.29, 1.82) is 0 Å². The summed E-state index contributed by atoms with van der Waals surface area (Å²) in [4.78, 5) is 0. The molecule has 0 fully saturated rings. The predicted molar refractivity (Wildman–Crippen MR) is 44.6 cm³/mol. The zero-order valence-corrected chi connectivity index (χ0v) is 7.74. The molecular formula is C6H6ClF3N4. The molecule has 0 saturated heterocycles. The molecule has 3 N–H and O–H groups in total. The van der Waals surface area contributed by atoms with E-state index < -0.39 is 16.9 Å². The first-order chi connectivity index (χ1) is 6.38. The lowest BCUT2D eigenvalue weighted by Crippen LogP contribution is -2.16. The maximum absolute atomic E-state index is 12.4. The second-order valence-corrected chi connectivity index (χ2v) is 2.84. The predicted octanol–water partition coefficient (Wildman–Crippen LogP) is 1.74. The number of rotatable bonds is 1. The van der Waals surface area contributed by atoms with Crippen molar-refractivity contribution in [2.24, 2.45) is 5.84 Å². The molecule has 0 atom stereocenters. The number of nitrogens with two attached hydrogens (primary N) is 1. The first-order valence-corrected chi connectivity index (χ1v) is 3.82. The van der Waals surface area contributed by atoms with E-state index in [9.17, 15) is 13.2 Å². The second-order valence-electron chi connectivity index (χ2n) is 2.48. The molecule has 78 valence electrons. The van der Waals surface area contributed by atoms with Crippen LogP contribution in [0.15, 0.2) is 0 Å². The Morgan fingerprint density at radius 2 is 1.93 bits per heavy atom. The zero-order chi connectivity index (χ0) is 10.9. The van der Waals surface area contributed by atoms with Gasteiger partial charge < -0.3 is 5.43 Å². The topological polar surface area (TPSA) is 63.8 Å². The summed E-state index contributed by atoms with van der Waals surface area (Å²) >= 11 is 5.28. The molecule has 0 unspecified atom stereocenters. The third kappa shape index (κ3) is 1.88. The van der Waals surface area contributed by atoms with Gasteiger partial charge in [-0.2, -0.15) is 13.2 Å². The third-order valence-electron chi connectivity index (χ3n) is 1.59. The lowest BCUT2D eigenvalue weighted by Gasteiger charge is -2.12. The molecule has 0 bridgehead atoms. The minimum absolute atomic E-state index is 0.151. The van der Waals surface area contributed by atoms with Gasteiger partial charge in [-0.25, -0.2) is 5.84 Å². The summed E-state index contributed by atoms with van der Waals surface area (Å²) in [7, 11) is 0. The van der Waals surface area contributed by atoms with Gasteiger partial charge in [0.25, 0.3) is 0 Å². The van der Waals surface area contributed by atoms with Gasteiger partial charge in [-0.1, -0.05) is 11.6 Å². The Morgan fingerprint density at radius 3 is 2.36 bits per heavy atom. The normalized spacial score (nSPS) is 11.6. The van der Waals surface area contributed by atoms with Crippen molar-refractivity contribution < 1.29 is 13.2 Å². The number of hydrazine groups is 1. The molecule has 0 saturated carbocycles. The van der Waals surface area contributed by atoms with Crippen molar-refractivity contribution in [3.05, 3.63) is 16.3 Å². The number of alkyl halides is 3. The van der Waals surface area contributed by atoms with Gasteiger partial charge in [0.15, 0.2) is 11.0 Å². The molecule has 8 heteroatoms. The Balaban J connectivity index is 3.40. The highest BCUT2D eigenvalue weighted by Crippen LogP contribution is 2.37. The van der Waals surface area contributed by atoms with Crippen LogP contribution in [0, 0.1) is 6.92 Å². The summed E-state index contributed by atoms with van der Waals surface area (Å²) in [5.41, 5.74) is 0.796. The summed E-state index contributed by atoms with van der Waals surface area (Å²) in [6.07, 6.45) is -4.57. The molecule has 0 radical (unpaired) electrons. The average Bonchev–Trinajstić information content (AvgIpc) is 2.02. The van der Waals surface area contributed by atoms with E-state index in [-0.39, 0.29) is 11.4 Å². The van der Waals surface area contributed by atoms with Crippen molar-refractivity contribution in [3.8, 4) is 0 Å². The summed E-state index contributed by atoms with van der Waals surface area (Å²) in [6, 6.07) is 0. The highest BCUT2D eigenvalue weighted by molar-refractivity contribution is 6.30. The quantitative estimate of drug-likeness (QED) is 0.566. The van der Waals surface area contributed by atoms with Gasteiger partial charge in [-0.3, -0.25) is 0 Å². The van der Waals surface area contributed by atoms with Crippen LogP contribution < -0.4 is 11.3 Å². The van der Waals surface area contributed by atoms with E-state index in [1.165, 1.54) is 6.92 Å². The number of nitrogen functional groups attached to an aromatic ring is 1. The van der Waals surface area contributed by atoms with Crippen molar-refractivity contribution >= 4 is 17.4 Å². The maximum Gasteiger partial charge on any atom is 0.419 e. The molecule has 0 aliphatic heterocycles. The minimum Gasteiger partial charge on any atom is -0.307 e. The smallest absolute Gasteiger partial charge is 0.307 e. The van der Waals surface area contributed by atoms with Crippen LogP contribution in [0.5, 0.6) is 0 Å². The fraction of sp³-hybridized carbons (Fsp3) is 0.333. The van der Waals surface area contributed by atoms with Crippen LogP contribution in [-0.2, 0) is 6.18 Å². The Bertz CT molecular complexity index is 352. The van der Waals surface area contributed by atoms with Crippen LogP contribution in [0.1, 0.15) is 11.1 Å². The molecule has 1 aromatic rings. The Labute approximate surface area is 82.2 Å². The van der Waals surface area contributed by atoms with Crippen molar-refractivity contribution in [3.63, 3.8) is 0 Å². The van der Waals surface area contributed by atoms with E-state index in [0.29, 0.717) is 0 Å². The molecule has 0 aliphatic rings. The van der Waals surface area contributed by atoms with Crippen LogP contribution >= 0.6 is 11.6 Å². The van der Waals surface area contributed by atoms with Crippen LogP contribution in [0.3, 0.4) is 0 Å². The number of anilines is 1. The van der Waals surface area contributed by atoms with E-state index in [2.05, 4.69) is 10.2 Å². The number of nitrogens with zero attached hydrogens (tertiary/aromatic N) is 2. The molecule has 4 nitrogen and oxygen atoms in total. The monoisotopic (exact) mass is 226 g/mol. The number of hydrogen-bond donors (Lipinski definition) is 2. The number of aromatic nitrogens is 2. The van der Waals surface area contributed by atoms with E-state index >= 15 is 0 Å². The summed E-state index contributed by atoms with van der Waals surface area (Å²) in [5.74, 6) is 4.80. The van der Waals surface area contributed by atoms with Crippen molar-refractivity contribution in [2.75, 3.05) is 5.43 Å². The summed E-state index contributed by atoms with van der Waals surface area (Å²) < 4.78 is 37.2. The zero-order valence-electron chi connectivity index (χ0n) is 6.98. The third-order valence-corrected chi connectivity index (χ3v) is 1.86. The fourth-order valence-corrected chi connectivity index (χ4v) is 1.25. The van der Waals surface area contributed by atoms with E-state index in [0.717, 1.165) is 0 Å². The van der Waals surface area contributed by atoms with Crippen LogP contribution in [-0.4, -0.2) is 10.2 Å². The molecule has 0 aliphatic carbocycles. The van der Waals surface area contributed by atoms with Crippen molar-refractivity contribution in [2.45, 2.75) is 13.1 Å². The highest BCUT2D eigenvalue weighted by atomic mass is 35.5. The Morgan fingerprint density at radius 1 is 1.36 bits per heavy atom. The van der Waals surface area contributed by atoms with E-state index in [1.807, 2.05) is 5.43 Å². The molecule has 1 heterocycles. The van der Waals surface area contributed by atoms with Gasteiger partial charge in [0.2, 0.25) is 0 Å². The van der Waals surface area contributed by atoms with E-state index in [4.69, 9.17) is 17.4 Å². The maximum atomic E-state index is 12.4. The average molecular weight is 227 g/mol. The Kier molecular flexibility index (Phi) is 2.81. The first-order valence-electron chi connectivity index (χ1n) is 3.44. The number of hydrogen-bond acceptors (Lipinski definition) is 4. The summed E-state index contributed by atoms with van der Waals surface area (Å²) in [6.45, 7) is 1.21. The molecule has 14 heavy (non-hydrogen) atoms. The van der Waals surface area contributed by atoms with Crippen LogP contribution in [0.2, 0.25) is 5.15 Å². The number of halogens is 4. The van der Waals surface area contributed by atoms with Gasteiger partial charge in [0, 0.05) is 5.56 Å². The van der Waals surface area contributed by atoms with Gasteiger partial charge in [0.1, 0.15) is 5.56 Å². The van der Waals surface area contributed by atoms with Crippen LogP contribution in [0.25, 0.3) is 0 Å². The molecule has 0 amide bonds. The lowest BCUT2D eigenvalue weighted by atomic mass is 10.1. The van der Waals surface area contributed by atoms with Crippen molar-refractivity contribution in [1.82, 2.24) is 10.2 Å². The molecule has 0 spiro atoms. The van der Waals surface area contributed by atoms with Gasteiger partial charge in [0.05, 0.1) is 0 Å². The van der Waals surface area contributed by atoms with Gasteiger partial charge in [-0.15, -0.1) is 10.2 Å². The van der Waals surface area contributed by atoms with Gasteiger partial charge in [-0.05, 0) is 6.92 Å². The first kappa shape index (κ1) is 11.0. The second kappa shape index (κ2) is 3.58. The number of nitrogens with one attached hydrogen (secondary N) is 1.